The molecule has 5 nitrogen and oxygen atoms in total. The fourth-order valence-electron chi connectivity index (χ4n) is 2.99. The number of methoxy groups -OCH3 is 2. The van der Waals surface area contributed by atoms with Gasteiger partial charge < -0.3 is 18.9 Å². The van der Waals surface area contributed by atoms with Crippen LogP contribution in [0.1, 0.15) is 62.9 Å². The van der Waals surface area contributed by atoms with E-state index in [4.69, 9.17) is 18.9 Å². The van der Waals surface area contributed by atoms with Crippen LogP contribution in [0.2, 0.25) is 0 Å². The third kappa shape index (κ3) is 5.89. The van der Waals surface area contributed by atoms with Gasteiger partial charge in [0.25, 0.3) is 0 Å². The van der Waals surface area contributed by atoms with Gasteiger partial charge in [-0.25, -0.2) is 0 Å². The topological polar surface area (TPSA) is 54.0 Å². The standard InChI is InChI=1S/C24H32O5/c1-7-8-9-12-28-23-21(27-6)13-17(16-25)14-22(23)29-20-11-10-18(26-5)15-19(20)24(2,3)4/h10-11,13-16H,7-9,12H2,1-6H3. The molecule has 0 saturated carbocycles. The van der Waals surface area contributed by atoms with Gasteiger partial charge in [-0.15, -0.1) is 0 Å². The lowest BCUT2D eigenvalue weighted by molar-refractivity contribution is 0.112. The van der Waals surface area contributed by atoms with Crippen molar-refractivity contribution >= 4 is 6.29 Å². The molecule has 2 aromatic carbocycles. The molecule has 0 aromatic heterocycles. The van der Waals surface area contributed by atoms with Crippen LogP contribution in [0.3, 0.4) is 0 Å². The Morgan fingerprint density at radius 2 is 1.66 bits per heavy atom. The number of hydrogen-bond donors (Lipinski definition) is 0. The Hall–Kier alpha value is -2.69. The van der Waals surface area contributed by atoms with Gasteiger partial charge in [0, 0.05) is 11.1 Å². The maximum atomic E-state index is 11.4. The molecule has 0 N–H and O–H groups in total. The highest BCUT2D eigenvalue weighted by atomic mass is 16.5. The predicted octanol–water partition coefficient (Wildman–Crippen LogP) is 6.18. The minimum atomic E-state index is -0.168. The first-order chi connectivity index (χ1) is 13.8. The van der Waals surface area contributed by atoms with E-state index in [1.165, 1.54) is 0 Å². The molecule has 0 heterocycles. The zero-order chi connectivity index (χ0) is 21.4. The molecule has 158 valence electrons. The summed E-state index contributed by atoms with van der Waals surface area (Å²) in [6, 6.07) is 9.04. The highest BCUT2D eigenvalue weighted by molar-refractivity contribution is 5.78. The molecule has 5 heteroatoms. The average molecular weight is 401 g/mol. The zero-order valence-electron chi connectivity index (χ0n) is 18.3. The van der Waals surface area contributed by atoms with Crippen molar-refractivity contribution < 1.29 is 23.7 Å². The molecule has 0 aliphatic carbocycles. The van der Waals surface area contributed by atoms with Gasteiger partial charge >= 0.3 is 0 Å². The van der Waals surface area contributed by atoms with E-state index in [-0.39, 0.29) is 5.41 Å². The lowest BCUT2D eigenvalue weighted by Crippen LogP contribution is -2.13. The summed E-state index contributed by atoms with van der Waals surface area (Å²) in [6.07, 6.45) is 3.89. The highest BCUT2D eigenvalue weighted by Crippen LogP contribution is 2.43. The van der Waals surface area contributed by atoms with E-state index in [1.807, 2.05) is 18.2 Å². The first-order valence-electron chi connectivity index (χ1n) is 10.0. The summed E-state index contributed by atoms with van der Waals surface area (Å²) in [7, 11) is 3.20. The van der Waals surface area contributed by atoms with E-state index in [2.05, 4.69) is 27.7 Å². The molecule has 2 rings (SSSR count). The average Bonchev–Trinajstić information content (AvgIpc) is 2.71. The van der Waals surface area contributed by atoms with Crippen molar-refractivity contribution in [1.82, 2.24) is 0 Å². The summed E-state index contributed by atoms with van der Waals surface area (Å²) >= 11 is 0. The fourth-order valence-corrected chi connectivity index (χ4v) is 2.99. The van der Waals surface area contributed by atoms with Gasteiger partial charge in [-0.05, 0) is 42.2 Å². The molecule has 0 atom stereocenters. The van der Waals surface area contributed by atoms with Crippen molar-refractivity contribution in [3.05, 3.63) is 41.5 Å². The van der Waals surface area contributed by atoms with E-state index in [9.17, 15) is 4.79 Å². The number of unbranched alkanes of at least 4 members (excludes halogenated alkanes) is 2. The van der Waals surface area contributed by atoms with Crippen molar-refractivity contribution in [1.29, 1.82) is 0 Å². The molecule has 0 amide bonds. The number of ether oxygens (including phenoxy) is 4. The number of carbonyl (C=O) groups is 1. The number of hydrogen-bond acceptors (Lipinski definition) is 5. The van der Waals surface area contributed by atoms with Crippen molar-refractivity contribution in [2.75, 3.05) is 20.8 Å². The fraction of sp³-hybridized carbons (Fsp3) is 0.458. The van der Waals surface area contributed by atoms with Crippen LogP contribution >= 0.6 is 0 Å². The number of aldehydes is 1. The largest absolute Gasteiger partial charge is 0.497 e. The smallest absolute Gasteiger partial charge is 0.204 e. The molecule has 29 heavy (non-hydrogen) atoms. The second-order valence-corrected chi connectivity index (χ2v) is 7.94. The highest BCUT2D eigenvalue weighted by Gasteiger charge is 2.23. The van der Waals surface area contributed by atoms with Crippen molar-refractivity contribution in [3.8, 4) is 28.7 Å². The summed E-state index contributed by atoms with van der Waals surface area (Å²) < 4.78 is 23.2. The normalized spacial score (nSPS) is 11.1. The summed E-state index contributed by atoms with van der Waals surface area (Å²) in [4.78, 5) is 11.4. The third-order valence-electron chi connectivity index (χ3n) is 4.61. The van der Waals surface area contributed by atoms with E-state index in [0.717, 1.165) is 36.9 Å². The molecule has 0 aliphatic rings. The molecule has 0 fully saturated rings. The van der Waals surface area contributed by atoms with Crippen LogP contribution < -0.4 is 18.9 Å². The number of carbonyl (C=O) groups excluding carboxylic acids is 1. The quantitative estimate of drug-likeness (QED) is 0.352. The summed E-state index contributed by atoms with van der Waals surface area (Å²) in [5, 5.41) is 0. The second kappa shape index (κ2) is 10.2. The van der Waals surface area contributed by atoms with Gasteiger partial charge in [0.2, 0.25) is 5.75 Å². The number of benzene rings is 2. The Morgan fingerprint density at radius 1 is 0.931 bits per heavy atom. The van der Waals surface area contributed by atoms with E-state index < -0.39 is 0 Å². The maximum Gasteiger partial charge on any atom is 0.204 e. The SMILES string of the molecule is CCCCCOc1c(OC)cc(C=O)cc1Oc1ccc(OC)cc1C(C)(C)C. The van der Waals surface area contributed by atoms with Crippen molar-refractivity contribution in [3.63, 3.8) is 0 Å². The van der Waals surface area contributed by atoms with E-state index in [0.29, 0.717) is 35.2 Å². The van der Waals surface area contributed by atoms with Gasteiger partial charge in [-0.1, -0.05) is 40.5 Å². The van der Waals surface area contributed by atoms with Gasteiger partial charge in [0.05, 0.1) is 20.8 Å². The Balaban J connectivity index is 2.49. The molecule has 0 spiro atoms. The zero-order valence-corrected chi connectivity index (χ0v) is 18.3. The third-order valence-corrected chi connectivity index (χ3v) is 4.61. The summed E-state index contributed by atoms with van der Waals surface area (Å²) in [5.74, 6) is 2.88. The molecule has 0 radical (unpaired) electrons. The first-order valence-corrected chi connectivity index (χ1v) is 10.0. The molecular formula is C24H32O5. The Labute approximate surface area is 173 Å². The molecule has 2 aromatic rings. The van der Waals surface area contributed by atoms with Gasteiger partial charge in [-0.2, -0.15) is 0 Å². The molecule has 0 aliphatic heterocycles. The summed E-state index contributed by atoms with van der Waals surface area (Å²) in [6.45, 7) is 9.03. The Kier molecular flexibility index (Phi) is 7.94. The monoisotopic (exact) mass is 400 g/mol. The van der Waals surface area contributed by atoms with Crippen LogP contribution in [0.15, 0.2) is 30.3 Å². The molecule has 0 saturated heterocycles. The minimum Gasteiger partial charge on any atom is -0.497 e. The summed E-state index contributed by atoms with van der Waals surface area (Å²) in [5.41, 5.74) is 1.28. The lowest BCUT2D eigenvalue weighted by Gasteiger charge is -2.24. The minimum absolute atomic E-state index is 0.168. The van der Waals surface area contributed by atoms with Gasteiger partial charge in [0.15, 0.2) is 11.5 Å². The lowest BCUT2D eigenvalue weighted by atomic mass is 9.86. The first kappa shape index (κ1) is 22.6. The Bertz CT molecular complexity index is 821. The second-order valence-electron chi connectivity index (χ2n) is 7.94. The van der Waals surface area contributed by atoms with Crippen molar-refractivity contribution in [2.24, 2.45) is 0 Å². The van der Waals surface area contributed by atoms with Crippen LogP contribution in [0.25, 0.3) is 0 Å². The molecular weight excluding hydrogens is 368 g/mol. The number of rotatable bonds is 10. The van der Waals surface area contributed by atoms with Crippen LogP contribution in [-0.4, -0.2) is 27.1 Å². The maximum absolute atomic E-state index is 11.4. The molecule has 0 bridgehead atoms. The van der Waals surface area contributed by atoms with Crippen molar-refractivity contribution in [2.45, 2.75) is 52.4 Å². The predicted molar refractivity (Wildman–Crippen MR) is 115 cm³/mol. The van der Waals surface area contributed by atoms with Crippen LogP contribution in [0.5, 0.6) is 28.7 Å². The van der Waals surface area contributed by atoms with E-state index in [1.54, 1.807) is 26.4 Å². The Morgan fingerprint density at radius 3 is 2.24 bits per heavy atom. The van der Waals surface area contributed by atoms with Crippen LogP contribution in [-0.2, 0) is 5.41 Å². The van der Waals surface area contributed by atoms with Gasteiger partial charge in [0.1, 0.15) is 17.8 Å². The van der Waals surface area contributed by atoms with Crippen LogP contribution in [0, 0.1) is 0 Å². The van der Waals surface area contributed by atoms with E-state index >= 15 is 0 Å². The van der Waals surface area contributed by atoms with Crippen LogP contribution in [0.4, 0.5) is 0 Å². The molecule has 0 unspecified atom stereocenters. The van der Waals surface area contributed by atoms with Gasteiger partial charge in [-0.3, -0.25) is 4.79 Å².